The molecular formula is C23H27N3O5S. The molecule has 0 radical (unpaired) electrons. The summed E-state index contributed by atoms with van der Waals surface area (Å²) < 4.78 is 33.1. The molecule has 1 aliphatic carbocycles. The molecule has 1 aliphatic heterocycles. The van der Waals surface area contributed by atoms with Crippen molar-refractivity contribution in [1.29, 1.82) is 0 Å². The first-order chi connectivity index (χ1) is 15.4. The normalized spacial score (nSPS) is 17.0. The molecule has 0 atom stereocenters. The largest absolute Gasteiger partial charge is 0.497 e. The zero-order valence-corrected chi connectivity index (χ0v) is 18.7. The molecular weight excluding hydrogens is 430 g/mol. The van der Waals surface area contributed by atoms with E-state index in [0.717, 1.165) is 12.8 Å². The number of sulfonamides is 1. The molecule has 0 aromatic heterocycles. The lowest BCUT2D eigenvalue weighted by Crippen LogP contribution is -2.43. The Bertz CT molecular complexity index is 1110. The molecule has 8 nitrogen and oxygen atoms in total. The van der Waals surface area contributed by atoms with Crippen LogP contribution in [0.4, 0.5) is 5.69 Å². The lowest BCUT2D eigenvalue weighted by molar-refractivity contribution is -0.126. The van der Waals surface area contributed by atoms with Gasteiger partial charge in [-0.05, 0) is 56.0 Å². The van der Waals surface area contributed by atoms with E-state index >= 15 is 0 Å². The van der Waals surface area contributed by atoms with Crippen LogP contribution in [-0.4, -0.2) is 51.4 Å². The number of carbonyl (C=O) groups is 2. The van der Waals surface area contributed by atoms with Crippen LogP contribution in [0.5, 0.6) is 5.75 Å². The molecule has 1 saturated heterocycles. The fourth-order valence-corrected chi connectivity index (χ4v) is 4.86. The monoisotopic (exact) mass is 457 g/mol. The van der Waals surface area contributed by atoms with Crippen LogP contribution in [-0.2, 0) is 14.8 Å². The zero-order valence-electron chi connectivity index (χ0n) is 17.9. The maximum absolute atomic E-state index is 13.0. The fourth-order valence-electron chi connectivity index (χ4n) is 3.77. The molecule has 9 heteroatoms. The van der Waals surface area contributed by atoms with E-state index in [0.29, 0.717) is 49.0 Å². The molecule has 170 valence electrons. The van der Waals surface area contributed by atoms with E-state index in [1.807, 2.05) is 0 Å². The second kappa shape index (κ2) is 9.20. The van der Waals surface area contributed by atoms with Crippen LogP contribution >= 0.6 is 0 Å². The number of benzene rings is 2. The Morgan fingerprint density at radius 2 is 1.72 bits per heavy atom. The van der Waals surface area contributed by atoms with Gasteiger partial charge >= 0.3 is 0 Å². The Balaban J connectivity index is 1.40. The number of nitrogens with one attached hydrogen (secondary N) is 2. The summed E-state index contributed by atoms with van der Waals surface area (Å²) in [5, 5.41) is 3.03. The minimum atomic E-state index is -3.83. The van der Waals surface area contributed by atoms with Crippen molar-refractivity contribution in [2.45, 2.75) is 36.6 Å². The highest BCUT2D eigenvalue weighted by atomic mass is 32.2. The first-order valence-electron chi connectivity index (χ1n) is 10.7. The summed E-state index contributed by atoms with van der Waals surface area (Å²) in [5.74, 6) is 0.300. The van der Waals surface area contributed by atoms with Gasteiger partial charge in [-0.3, -0.25) is 14.3 Å². The van der Waals surface area contributed by atoms with Gasteiger partial charge in [-0.2, -0.15) is 0 Å². The van der Waals surface area contributed by atoms with Gasteiger partial charge in [-0.1, -0.05) is 12.1 Å². The number of ether oxygens (including phenoxy) is 1. The summed E-state index contributed by atoms with van der Waals surface area (Å²) in [6.45, 7) is 1.00. The van der Waals surface area contributed by atoms with Crippen molar-refractivity contribution in [3.05, 3.63) is 54.1 Å². The van der Waals surface area contributed by atoms with Crippen molar-refractivity contribution < 1.29 is 22.7 Å². The van der Waals surface area contributed by atoms with E-state index in [1.165, 1.54) is 25.3 Å². The summed E-state index contributed by atoms with van der Waals surface area (Å²) in [6.07, 6.45) is 3.38. The SMILES string of the molecule is COc1cccc(S(=O)(=O)Nc2cccc(C(=O)N3CCC(C(=O)NC4CC4)CC3)c2)c1. The van der Waals surface area contributed by atoms with E-state index in [4.69, 9.17) is 4.74 Å². The van der Waals surface area contributed by atoms with Crippen molar-refractivity contribution in [2.24, 2.45) is 5.92 Å². The third kappa shape index (κ3) is 5.21. The average Bonchev–Trinajstić information content (AvgIpc) is 3.62. The molecule has 1 heterocycles. The van der Waals surface area contributed by atoms with E-state index in [9.17, 15) is 18.0 Å². The molecule has 0 bridgehead atoms. The highest BCUT2D eigenvalue weighted by Crippen LogP contribution is 2.25. The molecule has 1 saturated carbocycles. The second-order valence-electron chi connectivity index (χ2n) is 8.21. The second-order valence-corrected chi connectivity index (χ2v) is 9.90. The summed E-state index contributed by atoms with van der Waals surface area (Å²) in [5.41, 5.74) is 0.703. The predicted octanol–water partition coefficient (Wildman–Crippen LogP) is 2.63. The number of methoxy groups -OCH3 is 1. The smallest absolute Gasteiger partial charge is 0.262 e. The number of piperidine rings is 1. The van der Waals surface area contributed by atoms with Crippen LogP contribution in [0.1, 0.15) is 36.0 Å². The molecule has 4 rings (SSSR count). The van der Waals surface area contributed by atoms with Gasteiger partial charge in [0.25, 0.3) is 15.9 Å². The minimum absolute atomic E-state index is 0.0549. The minimum Gasteiger partial charge on any atom is -0.497 e. The van der Waals surface area contributed by atoms with Crippen molar-refractivity contribution in [3.63, 3.8) is 0 Å². The van der Waals surface area contributed by atoms with Crippen LogP contribution in [0.2, 0.25) is 0 Å². The number of likely N-dealkylation sites (tertiary alicyclic amines) is 1. The quantitative estimate of drug-likeness (QED) is 0.665. The number of nitrogens with zero attached hydrogens (tertiary/aromatic N) is 1. The van der Waals surface area contributed by atoms with E-state index in [2.05, 4.69) is 10.0 Å². The predicted molar refractivity (Wildman–Crippen MR) is 120 cm³/mol. The summed E-state index contributed by atoms with van der Waals surface area (Å²) >= 11 is 0. The van der Waals surface area contributed by atoms with Gasteiger partial charge in [0, 0.05) is 42.4 Å². The zero-order chi connectivity index (χ0) is 22.7. The number of hydrogen-bond acceptors (Lipinski definition) is 5. The molecule has 0 spiro atoms. The lowest BCUT2D eigenvalue weighted by Gasteiger charge is -2.31. The Morgan fingerprint density at radius 3 is 2.41 bits per heavy atom. The summed E-state index contributed by atoms with van der Waals surface area (Å²) in [7, 11) is -2.37. The number of anilines is 1. The standard InChI is InChI=1S/C23H27N3O5S/c1-31-20-6-3-7-21(15-20)32(29,30)25-19-5-2-4-17(14-19)23(28)26-12-10-16(11-13-26)22(27)24-18-8-9-18/h2-7,14-16,18,25H,8-13H2,1H3,(H,24,27). The van der Waals surface area contributed by atoms with Crippen molar-refractivity contribution in [1.82, 2.24) is 10.2 Å². The third-order valence-electron chi connectivity index (χ3n) is 5.79. The molecule has 2 aromatic rings. The first-order valence-corrected chi connectivity index (χ1v) is 12.2. The molecule has 2 aromatic carbocycles. The molecule has 2 N–H and O–H groups in total. The summed E-state index contributed by atoms with van der Waals surface area (Å²) in [4.78, 5) is 27.0. The average molecular weight is 458 g/mol. The molecule has 2 fully saturated rings. The maximum Gasteiger partial charge on any atom is 0.262 e. The van der Waals surface area contributed by atoms with Crippen LogP contribution in [0.25, 0.3) is 0 Å². The van der Waals surface area contributed by atoms with Gasteiger partial charge in [-0.25, -0.2) is 8.42 Å². The fraction of sp³-hybridized carbons (Fsp3) is 0.391. The molecule has 0 unspecified atom stereocenters. The Morgan fingerprint density at radius 1 is 1.00 bits per heavy atom. The Labute approximate surface area is 188 Å². The Kier molecular flexibility index (Phi) is 6.36. The van der Waals surface area contributed by atoms with E-state index in [1.54, 1.807) is 35.2 Å². The topological polar surface area (TPSA) is 105 Å². The molecule has 32 heavy (non-hydrogen) atoms. The van der Waals surface area contributed by atoms with Crippen molar-refractivity contribution >= 4 is 27.5 Å². The number of hydrogen-bond donors (Lipinski definition) is 2. The van der Waals surface area contributed by atoms with Gasteiger partial charge < -0.3 is 15.0 Å². The van der Waals surface area contributed by atoms with Crippen LogP contribution in [0, 0.1) is 5.92 Å². The maximum atomic E-state index is 13.0. The highest BCUT2D eigenvalue weighted by molar-refractivity contribution is 7.92. The lowest BCUT2D eigenvalue weighted by atomic mass is 9.95. The van der Waals surface area contributed by atoms with E-state index in [-0.39, 0.29) is 22.6 Å². The number of carbonyl (C=O) groups excluding carboxylic acids is 2. The van der Waals surface area contributed by atoms with Gasteiger partial charge in [-0.15, -0.1) is 0 Å². The highest BCUT2D eigenvalue weighted by Gasteiger charge is 2.31. The summed E-state index contributed by atoms with van der Waals surface area (Å²) in [6, 6.07) is 13.0. The third-order valence-corrected chi connectivity index (χ3v) is 7.17. The van der Waals surface area contributed by atoms with Crippen LogP contribution < -0.4 is 14.8 Å². The molecule has 2 aliphatic rings. The van der Waals surface area contributed by atoms with Crippen LogP contribution in [0.15, 0.2) is 53.4 Å². The van der Waals surface area contributed by atoms with Gasteiger partial charge in [0.2, 0.25) is 5.91 Å². The van der Waals surface area contributed by atoms with Gasteiger partial charge in [0.15, 0.2) is 0 Å². The van der Waals surface area contributed by atoms with Gasteiger partial charge in [0.05, 0.1) is 12.0 Å². The van der Waals surface area contributed by atoms with Crippen molar-refractivity contribution in [2.75, 3.05) is 24.9 Å². The number of amides is 2. The van der Waals surface area contributed by atoms with E-state index < -0.39 is 10.0 Å². The molecule has 2 amide bonds. The Hall–Kier alpha value is -3.07. The van der Waals surface area contributed by atoms with Crippen molar-refractivity contribution in [3.8, 4) is 5.75 Å². The van der Waals surface area contributed by atoms with Crippen LogP contribution in [0.3, 0.4) is 0 Å². The van der Waals surface area contributed by atoms with Gasteiger partial charge in [0.1, 0.15) is 5.75 Å². The number of rotatable bonds is 7. The first kappa shape index (κ1) is 22.1.